The Bertz CT molecular complexity index is 724. The smallest absolute Gasteiger partial charge is 0.127 e. The maximum absolute atomic E-state index is 4.63. The van der Waals surface area contributed by atoms with E-state index in [0.29, 0.717) is 0 Å². The highest BCUT2D eigenvalue weighted by atomic mass is 32.1. The first-order chi connectivity index (χ1) is 9.74. The molecule has 0 spiro atoms. The highest BCUT2D eigenvalue weighted by molar-refractivity contribution is 7.12. The van der Waals surface area contributed by atoms with Crippen molar-refractivity contribution in [2.45, 2.75) is 13.8 Å². The van der Waals surface area contributed by atoms with Crippen molar-refractivity contribution in [3.8, 4) is 11.3 Å². The highest BCUT2D eigenvalue weighted by Gasteiger charge is 2.06. The zero-order chi connectivity index (χ0) is 13.9. The SMILES string of the molecule is C/C(=N\n1cc(-c2ccccc2)nc1C)c1cccs1. The Labute approximate surface area is 122 Å². The zero-order valence-electron chi connectivity index (χ0n) is 11.4. The first-order valence-electron chi connectivity index (χ1n) is 6.45. The van der Waals surface area contributed by atoms with E-state index in [2.05, 4.69) is 33.7 Å². The van der Waals surface area contributed by atoms with Gasteiger partial charge in [0.25, 0.3) is 0 Å². The lowest BCUT2D eigenvalue weighted by Gasteiger charge is -1.99. The van der Waals surface area contributed by atoms with Crippen LogP contribution in [0.15, 0.2) is 59.1 Å². The van der Waals surface area contributed by atoms with Gasteiger partial charge in [-0.2, -0.15) is 5.10 Å². The van der Waals surface area contributed by atoms with Crippen molar-refractivity contribution in [3.63, 3.8) is 0 Å². The predicted molar refractivity (Wildman–Crippen MR) is 84.3 cm³/mol. The molecule has 1 aromatic carbocycles. The van der Waals surface area contributed by atoms with Crippen molar-refractivity contribution in [3.05, 3.63) is 64.7 Å². The summed E-state index contributed by atoms with van der Waals surface area (Å²) in [6, 6.07) is 14.3. The van der Waals surface area contributed by atoms with Crippen molar-refractivity contribution in [2.24, 2.45) is 5.10 Å². The Hall–Kier alpha value is -2.20. The maximum atomic E-state index is 4.63. The summed E-state index contributed by atoms with van der Waals surface area (Å²) in [5.41, 5.74) is 3.06. The van der Waals surface area contributed by atoms with E-state index in [1.54, 1.807) is 11.3 Å². The summed E-state index contributed by atoms with van der Waals surface area (Å²) in [6.45, 7) is 3.99. The maximum Gasteiger partial charge on any atom is 0.127 e. The van der Waals surface area contributed by atoms with Gasteiger partial charge in [-0.3, -0.25) is 0 Å². The van der Waals surface area contributed by atoms with Crippen LogP contribution in [0, 0.1) is 6.92 Å². The Balaban J connectivity index is 1.96. The summed E-state index contributed by atoms with van der Waals surface area (Å²) >= 11 is 1.69. The average Bonchev–Trinajstić information content (AvgIpc) is 3.10. The Kier molecular flexibility index (Phi) is 3.48. The number of aromatic nitrogens is 2. The summed E-state index contributed by atoms with van der Waals surface area (Å²) in [5.74, 6) is 0.889. The predicted octanol–water partition coefficient (Wildman–Crippen LogP) is 4.19. The van der Waals surface area contributed by atoms with E-state index in [4.69, 9.17) is 0 Å². The van der Waals surface area contributed by atoms with Gasteiger partial charge in [-0.15, -0.1) is 11.3 Å². The highest BCUT2D eigenvalue weighted by Crippen LogP contribution is 2.18. The lowest BCUT2D eigenvalue weighted by molar-refractivity contribution is 0.826. The van der Waals surface area contributed by atoms with Gasteiger partial charge >= 0.3 is 0 Å². The van der Waals surface area contributed by atoms with Gasteiger partial charge in [0.1, 0.15) is 5.82 Å². The summed E-state index contributed by atoms with van der Waals surface area (Å²) in [5, 5.41) is 6.69. The molecule has 0 atom stereocenters. The van der Waals surface area contributed by atoms with Gasteiger partial charge in [0.15, 0.2) is 0 Å². The first-order valence-corrected chi connectivity index (χ1v) is 7.33. The molecule has 0 aliphatic carbocycles. The molecule has 2 aromatic heterocycles. The van der Waals surface area contributed by atoms with E-state index in [0.717, 1.165) is 22.8 Å². The molecule has 0 unspecified atom stereocenters. The van der Waals surface area contributed by atoms with Crippen molar-refractivity contribution >= 4 is 17.0 Å². The first kappa shape index (κ1) is 12.8. The van der Waals surface area contributed by atoms with E-state index in [-0.39, 0.29) is 0 Å². The van der Waals surface area contributed by atoms with Crippen LogP contribution in [0.5, 0.6) is 0 Å². The molecule has 3 nitrogen and oxygen atoms in total. The van der Waals surface area contributed by atoms with E-state index >= 15 is 0 Å². The van der Waals surface area contributed by atoms with Gasteiger partial charge in [-0.25, -0.2) is 9.66 Å². The van der Waals surface area contributed by atoms with E-state index in [1.165, 1.54) is 4.88 Å². The fourth-order valence-corrected chi connectivity index (χ4v) is 2.68. The molecule has 0 bridgehead atoms. The van der Waals surface area contributed by atoms with Crippen LogP contribution in [-0.2, 0) is 0 Å². The fraction of sp³-hybridized carbons (Fsp3) is 0.125. The largest absolute Gasteiger partial charge is 0.232 e. The van der Waals surface area contributed by atoms with Gasteiger partial charge < -0.3 is 0 Å². The van der Waals surface area contributed by atoms with Gasteiger partial charge in [0, 0.05) is 5.56 Å². The van der Waals surface area contributed by atoms with Crippen LogP contribution in [0.2, 0.25) is 0 Å². The normalized spacial score (nSPS) is 11.8. The number of imidazole rings is 1. The van der Waals surface area contributed by atoms with Gasteiger partial charge in [-0.05, 0) is 25.3 Å². The van der Waals surface area contributed by atoms with Crippen LogP contribution in [0.4, 0.5) is 0 Å². The topological polar surface area (TPSA) is 30.2 Å². The molecule has 0 fully saturated rings. The quantitative estimate of drug-likeness (QED) is 0.662. The molecule has 0 aliphatic rings. The molecule has 4 heteroatoms. The van der Waals surface area contributed by atoms with Gasteiger partial charge in [0.2, 0.25) is 0 Å². The monoisotopic (exact) mass is 281 g/mol. The standard InChI is InChI=1S/C16H15N3S/c1-12(16-9-6-10-20-16)18-19-11-15(17-13(19)2)14-7-4-3-5-8-14/h3-11H,1-2H3/b18-12+. The lowest BCUT2D eigenvalue weighted by Crippen LogP contribution is -1.98. The molecule has 3 aromatic rings. The molecule has 0 aliphatic heterocycles. The van der Waals surface area contributed by atoms with Crippen LogP contribution >= 0.6 is 11.3 Å². The summed E-state index contributed by atoms with van der Waals surface area (Å²) in [6.07, 6.45) is 1.97. The molecule has 0 radical (unpaired) electrons. The second-order valence-corrected chi connectivity index (χ2v) is 5.49. The molecule has 3 rings (SSSR count). The Morgan fingerprint density at radius 3 is 2.65 bits per heavy atom. The molecule has 20 heavy (non-hydrogen) atoms. The van der Waals surface area contributed by atoms with Gasteiger partial charge in [0.05, 0.1) is 22.5 Å². The number of benzene rings is 1. The van der Waals surface area contributed by atoms with Crippen LogP contribution in [-0.4, -0.2) is 15.4 Å². The van der Waals surface area contributed by atoms with Crippen molar-refractivity contribution in [1.82, 2.24) is 9.66 Å². The van der Waals surface area contributed by atoms with E-state index in [9.17, 15) is 0 Å². The molecule has 2 heterocycles. The number of aryl methyl sites for hydroxylation is 1. The number of hydrogen-bond donors (Lipinski definition) is 0. The number of thiophene rings is 1. The van der Waals surface area contributed by atoms with E-state index in [1.807, 2.05) is 49.0 Å². The summed E-state index contributed by atoms with van der Waals surface area (Å²) < 4.78 is 1.84. The van der Waals surface area contributed by atoms with Crippen LogP contribution in [0.1, 0.15) is 17.6 Å². The molecule has 0 N–H and O–H groups in total. The fourth-order valence-electron chi connectivity index (χ4n) is 2.01. The average molecular weight is 281 g/mol. The van der Waals surface area contributed by atoms with E-state index < -0.39 is 0 Å². The third-order valence-corrected chi connectivity index (χ3v) is 4.04. The number of hydrogen-bond acceptors (Lipinski definition) is 3. The van der Waals surface area contributed by atoms with Crippen molar-refractivity contribution < 1.29 is 0 Å². The molecule has 0 saturated heterocycles. The Morgan fingerprint density at radius 2 is 1.95 bits per heavy atom. The minimum Gasteiger partial charge on any atom is -0.232 e. The van der Waals surface area contributed by atoms with Gasteiger partial charge in [-0.1, -0.05) is 36.4 Å². The van der Waals surface area contributed by atoms with Crippen molar-refractivity contribution in [2.75, 3.05) is 0 Å². The minimum absolute atomic E-state index is 0.889. The second kappa shape index (κ2) is 5.43. The van der Waals surface area contributed by atoms with Crippen LogP contribution in [0.3, 0.4) is 0 Å². The molecular formula is C16H15N3S. The van der Waals surface area contributed by atoms with Crippen molar-refractivity contribution in [1.29, 1.82) is 0 Å². The molecule has 0 amide bonds. The number of rotatable bonds is 3. The van der Waals surface area contributed by atoms with Crippen LogP contribution < -0.4 is 0 Å². The summed E-state index contributed by atoms with van der Waals surface area (Å²) in [7, 11) is 0. The van der Waals surface area contributed by atoms with Crippen LogP contribution in [0.25, 0.3) is 11.3 Å². The second-order valence-electron chi connectivity index (χ2n) is 4.55. The lowest BCUT2D eigenvalue weighted by atomic mass is 10.2. The molecule has 0 saturated carbocycles. The molecule has 100 valence electrons. The minimum atomic E-state index is 0.889. The number of nitrogens with zero attached hydrogens (tertiary/aromatic N) is 3. The summed E-state index contributed by atoms with van der Waals surface area (Å²) in [4.78, 5) is 5.75. The Morgan fingerprint density at radius 1 is 1.15 bits per heavy atom. The zero-order valence-corrected chi connectivity index (χ0v) is 12.3. The third-order valence-electron chi connectivity index (χ3n) is 3.06. The molecular weight excluding hydrogens is 266 g/mol. The third kappa shape index (κ3) is 2.56.